The molecule has 33 heavy (non-hydrogen) atoms. The second kappa shape index (κ2) is 8.78. The van der Waals surface area contributed by atoms with Gasteiger partial charge in [0.05, 0.1) is 22.5 Å². The van der Waals surface area contributed by atoms with Crippen LogP contribution in [-0.4, -0.2) is 20.9 Å². The molecule has 0 aliphatic rings. The van der Waals surface area contributed by atoms with Gasteiger partial charge in [0, 0.05) is 29.6 Å². The predicted molar refractivity (Wildman–Crippen MR) is 115 cm³/mol. The molecule has 3 aromatic carbocycles. The molecule has 9 heteroatoms. The van der Waals surface area contributed by atoms with E-state index in [1.807, 2.05) is 0 Å². The summed E-state index contributed by atoms with van der Waals surface area (Å²) in [4.78, 5) is 11.1. The van der Waals surface area contributed by atoms with E-state index in [9.17, 15) is 22.4 Å². The summed E-state index contributed by atoms with van der Waals surface area (Å²) in [5.74, 6) is -1.44. The van der Waals surface area contributed by atoms with Gasteiger partial charge in [-0.3, -0.25) is 0 Å². The summed E-state index contributed by atoms with van der Waals surface area (Å²) in [5, 5.41) is 16.7. The van der Waals surface area contributed by atoms with Crippen molar-refractivity contribution in [3.05, 3.63) is 102 Å². The van der Waals surface area contributed by atoms with Crippen LogP contribution in [0, 0.1) is 5.82 Å². The average Bonchev–Trinajstić information content (AvgIpc) is 3.22. The van der Waals surface area contributed by atoms with E-state index in [2.05, 4.69) is 10.4 Å². The Kier molecular flexibility index (Phi) is 5.87. The molecule has 0 unspecified atom stereocenters. The van der Waals surface area contributed by atoms with Gasteiger partial charge in [-0.15, -0.1) is 0 Å². The number of hydrogen-bond acceptors (Lipinski definition) is 3. The number of carbonyl (C=O) groups is 1. The van der Waals surface area contributed by atoms with E-state index in [0.29, 0.717) is 28.2 Å². The number of hydrogen-bond donors (Lipinski definition) is 2. The van der Waals surface area contributed by atoms with Crippen molar-refractivity contribution in [3.63, 3.8) is 0 Å². The molecule has 0 atom stereocenters. The molecule has 0 aliphatic carbocycles. The first-order valence-corrected chi connectivity index (χ1v) is 9.80. The quantitative estimate of drug-likeness (QED) is 0.350. The second-order valence-electron chi connectivity index (χ2n) is 7.24. The van der Waals surface area contributed by atoms with Crippen LogP contribution < -0.4 is 5.32 Å². The number of aromatic carboxylic acids is 1. The first-order valence-electron chi connectivity index (χ1n) is 9.80. The highest BCUT2D eigenvalue weighted by Crippen LogP contribution is 2.30. The van der Waals surface area contributed by atoms with Gasteiger partial charge < -0.3 is 10.4 Å². The Morgan fingerprint density at radius 1 is 0.939 bits per heavy atom. The van der Waals surface area contributed by atoms with Crippen LogP contribution in [0.15, 0.2) is 79.0 Å². The largest absolute Gasteiger partial charge is 0.478 e. The molecule has 168 valence electrons. The zero-order chi connectivity index (χ0) is 23.6. The molecular formula is C24H17F4N3O2. The zero-order valence-electron chi connectivity index (χ0n) is 17.0. The molecule has 5 nitrogen and oxygen atoms in total. The number of carboxylic acid groups (broad SMARTS) is 1. The van der Waals surface area contributed by atoms with Gasteiger partial charge in [-0.1, -0.05) is 0 Å². The third-order valence-corrected chi connectivity index (χ3v) is 4.98. The van der Waals surface area contributed by atoms with Gasteiger partial charge in [-0.25, -0.2) is 13.9 Å². The lowest BCUT2D eigenvalue weighted by Crippen LogP contribution is -2.05. The highest BCUT2D eigenvalue weighted by molar-refractivity contribution is 5.87. The normalized spacial score (nSPS) is 11.4. The Labute approximate surface area is 185 Å². The van der Waals surface area contributed by atoms with Crippen LogP contribution in [0.25, 0.3) is 16.9 Å². The van der Waals surface area contributed by atoms with E-state index >= 15 is 0 Å². The molecule has 0 spiro atoms. The molecule has 4 aromatic rings. The highest BCUT2D eigenvalue weighted by Gasteiger charge is 2.29. The van der Waals surface area contributed by atoms with E-state index in [4.69, 9.17) is 5.11 Å². The minimum atomic E-state index is -4.41. The van der Waals surface area contributed by atoms with Crippen LogP contribution in [0.4, 0.5) is 23.2 Å². The summed E-state index contributed by atoms with van der Waals surface area (Å²) in [6, 6.07) is 16.6. The van der Waals surface area contributed by atoms with Crippen molar-refractivity contribution < 1.29 is 27.5 Å². The number of rotatable bonds is 6. The predicted octanol–water partition coefficient (Wildman–Crippen LogP) is 6.01. The molecule has 0 saturated heterocycles. The van der Waals surface area contributed by atoms with Crippen LogP contribution in [0.1, 0.15) is 21.5 Å². The van der Waals surface area contributed by atoms with Gasteiger partial charge >= 0.3 is 12.1 Å². The zero-order valence-corrected chi connectivity index (χ0v) is 17.0. The van der Waals surface area contributed by atoms with Crippen molar-refractivity contribution in [2.45, 2.75) is 12.7 Å². The van der Waals surface area contributed by atoms with Crippen molar-refractivity contribution in [1.29, 1.82) is 0 Å². The van der Waals surface area contributed by atoms with Gasteiger partial charge in [0.15, 0.2) is 0 Å². The molecule has 4 rings (SSSR count). The fraction of sp³-hybridized carbons (Fsp3) is 0.0833. The number of aromatic nitrogens is 2. The van der Waals surface area contributed by atoms with E-state index in [-0.39, 0.29) is 12.1 Å². The SMILES string of the molecule is O=C(O)c1ccc(-n2cc(CNc3ccc(C(F)(F)F)cc3)c(-c3ccc(F)cc3)n2)cc1. The van der Waals surface area contributed by atoms with E-state index in [1.54, 1.807) is 35.1 Å². The Hall–Kier alpha value is -4.14. The third kappa shape index (κ3) is 5.03. The maximum Gasteiger partial charge on any atom is 0.416 e. The summed E-state index contributed by atoms with van der Waals surface area (Å²) < 4.78 is 53.3. The standard InChI is InChI=1S/C24H17F4N3O2/c25-19-7-1-15(2-8-19)22-17(13-29-20-9-5-18(6-10-20)24(26,27)28)14-31(30-22)21-11-3-16(4-12-21)23(32)33/h1-12,14,29H,13H2,(H,32,33). The summed E-state index contributed by atoms with van der Waals surface area (Å²) in [6.07, 6.45) is -2.68. The maximum absolute atomic E-state index is 13.4. The first kappa shape index (κ1) is 22.1. The summed E-state index contributed by atoms with van der Waals surface area (Å²) in [7, 11) is 0. The maximum atomic E-state index is 13.4. The fourth-order valence-electron chi connectivity index (χ4n) is 3.25. The number of anilines is 1. The molecule has 0 fully saturated rings. The third-order valence-electron chi connectivity index (χ3n) is 4.98. The van der Waals surface area contributed by atoms with Crippen molar-refractivity contribution in [1.82, 2.24) is 9.78 Å². The number of halogens is 4. The molecule has 0 bridgehead atoms. The molecule has 0 radical (unpaired) electrons. The second-order valence-corrected chi connectivity index (χ2v) is 7.24. The lowest BCUT2D eigenvalue weighted by molar-refractivity contribution is -0.137. The van der Waals surface area contributed by atoms with Crippen LogP contribution in [0.5, 0.6) is 0 Å². The van der Waals surface area contributed by atoms with Crippen LogP contribution >= 0.6 is 0 Å². The van der Waals surface area contributed by atoms with Gasteiger partial charge in [0.25, 0.3) is 0 Å². The number of benzene rings is 3. The van der Waals surface area contributed by atoms with Gasteiger partial charge in [0.1, 0.15) is 5.82 Å². The minimum absolute atomic E-state index is 0.133. The molecule has 2 N–H and O–H groups in total. The van der Waals surface area contributed by atoms with Gasteiger partial charge in [-0.05, 0) is 72.8 Å². The Balaban J connectivity index is 1.64. The highest BCUT2D eigenvalue weighted by atomic mass is 19.4. The topological polar surface area (TPSA) is 67.2 Å². The number of carboxylic acids is 1. The van der Waals surface area contributed by atoms with Crippen LogP contribution in [-0.2, 0) is 12.7 Å². The monoisotopic (exact) mass is 455 g/mol. The van der Waals surface area contributed by atoms with Gasteiger partial charge in [-0.2, -0.15) is 18.3 Å². The molecule has 0 amide bonds. The van der Waals surface area contributed by atoms with E-state index < -0.39 is 23.5 Å². The minimum Gasteiger partial charge on any atom is -0.478 e. The lowest BCUT2D eigenvalue weighted by Gasteiger charge is -2.09. The first-order chi connectivity index (χ1) is 15.7. The smallest absolute Gasteiger partial charge is 0.416 e. The van der Waals surface area contributed by atoms with E-state index in [1.165, 1.54) is 36.4 Å². The molecule has 0 saturated carbocycles. The lowest BCUT2D eigenvalue weighted by atomic mass is 10.1. The Bertz CT molecular complexity index is 1260. The van der Waals surface area contributed by atoms with Crippen molar-refractivity contribution in [2.24, 2.45) is 0 Å². The van der Waals surface area contributed by atoms with Crippen molar-refractivity contribution >= 4 is 11.7 Å². The van der Waals surface area contributed by atoms with Crippen molar-refractivity contribution in [2.75, 3.05) is 5.32 Å². The van der Waals surface area contributed by atoms with Crippen LogP contribution in [0.2, 0.25) is 0 Å². The molecule has 1 heterocycles. The molecular weight excluding hydrogens is 438 g/mol. The van der Waals surface area contributed by atoms with Gasteiger partial charge in [0.2, 0.25) is 0 Å². The average molecular weight is 455 g/mol. The van der Waals surface area contributed by atoms with E-state index in [0.717, 1.165) is 12.1 Å². The fourth-order valence-corrected chi connectivity index (χ4v) is 3.25. The number of alkyl halides is 3. The summed E-state index contributed by atoms with van der Waals surface area (Å²) >= 11 is 0. The Morgan fingerprint density at radius 3 is 2.15 bits per heavy atom. The summed E-state index contributed by atoms with van der Waals surface area (Å²) in [6.45, 7) is 0.241. The molecule has 1 aromatic heterocycles. The number of nitrogens with one attached hydrogen (secondary N) is 1. The number of nitrogens with zero attached hydrogens (tertiary/aromatic N) is 2. The van der Waals surface area contributed by atoms with Crippen LogP contribution in [0.3, 0.4) is 0 Å². The van der Waals surface area contributed by atoms with Crippen molar-refractivity contribution in [3.8, 4) is 16.9 Å². The Morgan fingerprint density at radius 2 is 1.58 bits per heavy atom. The summed E-state index contributed by atoms with van der Waals surface area (Å²) in [5.41, 5.74) is 2.42. The molecule has 0 aliphatic heterocycles.